The number of rotatable bonds is 5. The van der Waals surface area contributed by atoms with Crippen LogP contribution in [0.1, 0.15) is 36.7 Å². The second-order valence-corrected chi connectivity index (χ2v) is 4.58. The molecule has 0 aliphatic carbocycles. The van der Waals surface area contributed by atoms with Crippen molar-refractivity contribution >= 4 is 22.5 Å². The van der Waals surface area contributed by atoms with Gasteiger partial charge in [0.2, 0.25) is 0 Å². The number of fused-ring (bicyclic) bond motifs is 1. The minimum absolute atomic E-state index is 0.159. The summed E-state index contributed by atoms with van der Waals surface area (Å²) in [5, 5.41) is 3.75. The van der Waals surface area contributed by atoms with Gasteiger partial charge in [0.1, 0.15) is 5.69 Å². The lowest BCUT2D eigenvalue weighted by molar-refractivity contribution is 0.0948. The Hall–Kier alpha value is -2.10. The fourth-order valence-corrected chi connectivity index (χ4v) is 1.99. The summed E-state index contributed by atoms with van der Waals surface area (Å²) < 4.78 is 0. The number of aromatic nitrogens is 1. The average Bonchev–Trinajstić information content (AvgIpc) is 2.43. The van der Waals surface area contributed by atoms with Gasteiger partial charge in [-0.05, 0) is 18.6 Å². The van der Waals surface area contributed by atoms with Crippen molar-refractivity contribution in [3.63, 3.8) is 0 Å². The Morgan fingerprint density at radius 3 is 2.89 bits per heavy atom. The molecule has 0 aliphatic rings. The third-order valence-corrected chi connectivity index (χ3v) is 3.05. The molecule has 3 N–H and O–H groups in total. The van der Waals surface area contributed by atoms with Crippen LogP contribution in [0.4, 0.5) is 5.69 Å². The summed E-state index contributed by atoms with van der Waals surface area (Å²) in [5.41, 5.74) is 7.67. The molecule has 0 radical (unpaired) electrons. The highest BCUT2D eigenvalue weighted by Crippen LogP contribution is 2.19. The summed E-state index contributed by atoms with van der Waals surface area (Å²) in [7, 11) is 0. The monoisotopic (exact) mass is 257 g/mol. The molecule has 1 heterocycles. The van der Waals surface area contributed by atoms with Crippen LogP contribution in [0.2, 0.25) is 0 Å². The van der Waals surface area contributed by atoms with E-state index in [4.69, 9.17) is 5.73 Å². The maximum atomic E-state index is 12.0. The van der Waals surface area contributed by atoms with E-state index in [1.165, 1.54) is 0 Å². The second kappa shape index (κ2) is 6.18. The van der Waals surface area contributed by atoms with Crippen molar-refractivity contribution in [3.05, 3.63) is 36.0 Å². The van der Waals surface area contributed by atoms with Crippen LogP contribution < -0.4 is 11.1 Å². The Labute approximate surface area is 113 Å². The number of nitrogens with one attached hydrogen (secondary N) is 1. The zero-order valence-electron chi connectivity index (χ0n) is 11.1. The lowest BCUT2D eigenvalue weighted by atomic mass is 10.1. The standard InChI is InChI=1S/C15H19N3O/c1-2-3-6-9-17-15(19)14-10-12(16)11-7-4-5-8-13(11)18-14/h4-5,7-8,10H,2-3,6,9H2,1H3,(H2,16,18)(H,17,19). The normalized spacial score (nSPS) is 10.6. The van der Waals surface area contributed by atoms with Crippen LogP contribution in [0.15, 0.2) is 30.3 Å². The Bertz CT molecular complexity index is 581. The molecule has 0 saturated carbocycles. The molecule has 100 valence electrons. The lowest BCUT2D eigenvalue weighted by Gasteiger charge is -2.07. The van der Waals surface area contributed by atoms with Crippen LogP contribution in [0.5, 0.6) is 0 Å². The molecule has 19 heavy (non-hydrogen) atoms. The summed E-state index contributed by atoms with van der Waals surface area (Å²) in [5.74, 6) is -0.159. The molecule has 1 aromatic carbocycles. The third kappa shape index (κ3) is 3.22. The molecular weight excluding hydrogens is 238 g/mol. The highest BCUT2D eigenvalue weighted by atomic mass is 16.1. The SMILES string of the molecule is CCCCCNC(=O)c1cc(N)c2ccccc2n1. The number of carbonyl (C=O) groups is 1. The fraction of sp³-hybridized carbons (Fsp3) is 0.333. The quantitative estimate of drug-likeness (QED) is 0.809. The van der Waals surface area contributed by atoms with Gasteiger partial charge in [0, 0.05) is 17.6 Å². The van der Waals surface area contributed by atoms with E-state index in [9.17, 15) is 4.79 Å². The first-order chi connectivity index (χ1) is 9.22. The number of anilines is 1. The van der Waals surface area contributed by atoms with Gasteiger partial charge in [-0.3, -0.25) is 4.79 Å². The van der Waals surface area contributed by atoms with Crippen molar-refractivity contribution in [2.75, 3.05) is 12.3 Å². The summed E-state index contributed by atoms with van der Waals surface area (Å²) in [6.45, 7) is 2.81. The number of para-hydroxylation sites is 1. The van der Waals surface area contributed by atoms with Crippen LogP contribution in [-0.2, 0) is 0 Å². The molecule has 1 amide bonds. The number of pyridine rings is 1. The van der Waals surface area contributed by atoms with Gasteiger partial charge < -0.3 is 11.1 Å². The molecule has 0 saturated heterocycles. The number of nitrogens with two attached hydrogens (primary N) is 1. The molecule has 1 aromatic heterocycles. The van der Waals surface area contributed by atoms with Gasteiger partial charge in [0.15, 0.2) is 0 Å². The summed E-state index contributed by atoms with van der Waals surface area (Å²) in [4.78, 5) is 16.3. The van der Waals surface area contributed by atoms with Crippen molar-refractivity contribution in [3.8, 4) is 0 Å². The smallest absolute Gasteiger partial charge is 0.269 e. The third-order valence-electron chi connectivity index (χ3n) is 3.05. The average molecular weight is 257 g/mol. The van der Waals surface area contributed by atoms with Crippen LogP contribution in [0, 0.1) is 0 Å². The van der Waals surface area contributed by atoms with Gasteiger partial charge in [-0.25, -0.2) is 4.98 Å². The minimum atomic E-state index is -0.159. The van der Waals surface area contributed by atoms with Crippen molar-refractivity contribution in [2.45, 2.75) is 26.2 Å². The zero-order chi connectivity index (χ0) is 13.7. The molecule has 0 bridgehead atoms. The number of nitrogens with zero attached hydrogens (tertiary/aromatic N) is 1. The number of hydrogen-bond acceptors (Lipinski definition) is 3. The van der Waals surface area contributed by atoms with E-state index in [1.54, 1.807) is 6.07 Å². The van der Waals surface area contributed by atoms with Crippen molar-refractivity contribution in [2.24, 2.45) is 0 Å². The first-order valence-electron chi connectivity index (χ1n) is 6.66. The van der Waals surface area contributed by atoms with E-state index in [2.05, 4.69) is 17.2 Å². The first-order valence-corrected chi connectivity index (χ1v) is 6.66. The molecule has 0 aliphatic heterocycles. The Morgan fingerprint density at radius 1 is 1.32 bits per heavy atom. The number of carbonyl (C=O) groups excluding carboxylic acids is 1. The predicted molar refractivity (Wildman–Crippen MR) is 78.0 cm³/mol. The Balaban J connectivity index is 2.14. The van der Waals surface area contributed by atoms with E-state index in [0.717, 1.165) is 30.2 Å². The second-order valence-electron chi connectivity index (χ2n) is 4.58. The molecule has 4 nitrogen and oxygen atoms in total. The van der Waals surface area contributed by atoms with Gasteiger partial charge in [-0.1, -0.05) is 38.0 Å². The highest BCUT2D eigenvalue weighted by Gasteiger charge is 2.09. The van der Waals surface area contributed by atoms with Crippen molar-refractivity contribution in [1.82, 2.24) is 10.3 Å². The number of unbranched alkanes of at least 4 members (excludes halogenated alkanes) is 2. The van der Waals surface area contributed by atoms with Gasteiger partial charge in [0.05, 0.1) is 5.52 Å². The van der Waals surface area contributed by atoms with Gasteiger partial charge >= 0.3 is 0 Å². The molecule has 4 heteroatoms. The van der Waals surface area contributed by atoms with E-state index in [-0.39, 0.29) is 5.91 Å². The van der Waals surface area contributed by atoms with E-state index in [0.29, 0.717) is 17.9 Å². The van der Waals surface area contributed by atoms with E-state index < -0.39 is 0 Å². The maximum absolute atomic E-state index is 12.0. The van der Waals surface area contributed by atoms with E-state index in [1.807, 2.05) is 24.3 Å². The van der Waals surface area contributed by atoms with E-state index >= 15 is 0 Å². The molecule has 0 unspecified atom stereocenters. The molecule has 2 aromatic rings. The van der Waals surface area contributed by atoms with Gasteiger partial charge in [-0.15, -0.1) is 0 Å². The van der Waals surface area contributed by atoms with Crippen LogP contribution in [0.3, 0.4) is 0 Å². The van der Waals surface area contributed by atoms with Crippen LogP contribution >= 0.6 is 0 Å². The van der Waals surface area contributed by atoms with Gasteiger partial charge in [-0.2, -0.15) is 0 Å². The zero-order valence-corrected chi connectivity index (χ0v) is 11.1. The number of hydrogen-bond donors (Lipinski definition) is 2. The Kier molecular flexibility index (Phi) is 4.34. The largest absolute Gasteiger partial charge is 0.398 e. The van der Waals surface area contributed by atoms with Crippen LogP contribution in [0.25, 0.3) is 10.9 Å². The van der Waals surface area contributed by atoms with Crippen LogP contribution in [-0.4, -0.2) is 17.4 Å². The minimum Gasteiger partial charge on any atom is -0.398 e. The molecule has 0 atom stereocenters. The number of nitrogen functional groups attached to an aromatic ring is 1. The highest BCUT2D eigenvalue weighted by molar-refractivity contribution is 5.99. The summed E-state index contributed by atoms with van der Waals surface area (Å²) >= 11 is 0. The predicted octanol–water partition coefficient (Wildman–Crippen LogP) is 2.74. The topological polar surface area (TPSA) is 68.0 Å². The summed E-state index contributed by atoms with van der Waals surface area (Å²) in [6, 6.07) is 9.19. The first kappa shape index (κ1) is 13.3. The molecule has 0 spiro atoms. The molecule has 2 rings (SSSR count). The lowest BCUT2D eigenvalue weighted by Crippen LogP contribution is -2.25. The van der Waals surface area contributed by atoms with Gasteiger partial charge in [0.25, 0.3) is 5.91 Å². The van der Waals surface area contributed by atoms with Crippen molar-refractivity contribution < 1.29 is 4.79 Å². The van der Waals surface area contributed by atoms with Crippen molar-refractivity contribution in [1.29, 1.82) is 0 Å². The fourth-order valence-electron chi connectivity index (χ4n) is 1.99. The molecular formula is C15H19N3O. The number of amides is 1. The molecule has 0 fully saturated rings. The maximum Gasteiger partial charge on any atom is 0.269 e. The number of benzene rings is 1. The Morgan fingerprint density at radius 2 is 2.11 bits per heavy atom. The summed E-state index contributed by atoms with van der Waals surface area (Å²) in [6.07, 6.45) is 3.25.